The van der Waals surface area contributed by atoms with Gasteiger partial charge < -0.3 is 14.8 Å². The van der Waals surface area contributed by atoms with E-state index in [0.29, 0.717) is 22.3 Å². The van der Waals surface area contributed by atoms with Crippen LogP contribution in [-0.4, -0.2) is 7.11 Å². The van der Waals surface area contributed by atoms with Crippen molar-refractivity contribution in [3.8, 4) is 17.2 Å². The molecule has 0 radical (unpaired) electrons. The Kier molecular flexibility index (Phi) is 5.69. The number of hydrogen-bond acceptors (Lipinski definition) is 3. The molecule has 0 atom stereocenters. The highest BCUT2D eigenvalue weighted by Gasteiger charge is 2.09. The summed E-state index contributed by atoms with van der Waals surface area (Å²) >= 11 is 12.2. The summed E-state index contributed by atoms with van der Waals surface area (Å²) in [7, 11) is 1.59. The zero-order chi connectivity index (χ0) is 17.6. The van der Waals surface area contributed by atoms with Crippen LogP contribution in [0.5, 0.6) is 17.2 Å². The van der Waals surface area contributed by atoms with Gasteiger partial charge in [0.05, 0.1) is 12.1 Å². The molecule has 0 aliphatic heterocycles. The molecule has 0 aliphatic carbocycles. The molecule has 0 saturated carbocycles. The van der Waals surface area contributed by atoms with E-state index >= 15 is 0 Å². The lowest BCUT2D eigenvalue weighted by Crippen LogP contribution is -2.02. The number of ether oxygens (including phenoxy) is 2. The van der Waals surface area contributed by atoms with E-state index in [1.807, 2.05) is 60.7 Å². The maximum atomic E-state index is 6.16. The van der Waals surface area contributed by atoms with Crippen LogP contribution in [-0.2, 0) is 6.54 Å². The van der Waals surface area contributed by atoms with Crippen molar-refractivity contribution in [2.45, 2.75) is 6.54 Å². The minimum absolute atomic E-state index is 0.499. The first kappa shape index (κ1) is 17.5. The van der Waals surface area contributed by atoms with Gasteiger partial charge in [-0.05, 0) is 48.5 Å². The molecule has 0 bridgehead atoms. The van der Waals surface area contributed by atoms with Gasteiger partial charge in [-0.15, -0.1) is 0 Å². The molecule has 3 nitrogen and oxygen atoms in total. The second-order valence-corrected chi connectivity index (χ2v) is 6.22. The molecule has 25 heavy (non-hydrogen) atoms. The second kappa shape index (κ2) is 8.15. The SMILES string of the molecule is COc1c(Cl)cc(Cl)cc1CNc1ccc(Oc2ccccc2)cc1. The second-order valence-electron chi connectivity index (χ2n) is 5.37. The van der Waals surface area contributed by atoms with E-state index in [1.54, 1.807) is 13.2 Å². The molecule has 3 aromatic carbocycles. The van der Waals surface area contributed by atoms with E-state index in [4.69, 9.17) is 32.7 Å². The normalized spacial score (nSPS) is 10.4. The van der Waals surface area contributed by atoms with Crippen molar-refractivity contribution in [3.05, 3.63) is 82.3 Å². The molecule has 0 spiro atoms. The quantitative estimate of drug-likeness (QED) is 0.541. The highest BCUT2D eigenvalue weighted by atomic mass is 35.5. The third kappa shape index (κ3) is 4.59. The first-order chi connectivity index (χ1) is 12.2. The predicted octanol–water partition coefficient (Wildman–Crippen LogP) is 6.41. The van der Waals surface area contributed by atoms with Crippen LogP contribution in [0.25, 0.3) is 0 Å². The number of hydrogen-bond donors (Lipinski definition) is 1. The molecular weight excluding hydrogens is 357 g/mol. The van der Waals surface area contributed by atoms with Gasteiger partial charge in [0.25, 0.3) is 0 Å². The molecule has 0 fully saturated rings. The highest BCUT2D eigenvalue weighted by molar-refractivity contribution is 6.35. The lowest BCUT2D eigenvalue weighted by molar-refractivity contribution is 0.410. The Hall–Kier alpha value is -2.36. The summed E-state index contributed by atoms with van der Waals surface area (Å²) in [5.74, 6) is 2.21. The molecule has 1 N–H and O–H groups in total. The zero-order valence-electron chi connectivity index (χ0n) is 13.6. The van der Waals surface area contributed by atoms with E-state index in [2.05, 4.69) is 5.32 Å². The molecule has 0 heterocycles. The van der Waals surface area contributed by atoms with Crippen molar-refractivity contribution >= 4 is 28.9 Å². The van der Waals surface area contributed by atoms with Crippen molar-refractivity contribution in [2.24, 2.45) is 0 Å². The largest absolute Gasteiger partial charge is 0.495 e. The smallest absolute Gasteiger partial charge is 0.142 e. The summed E-state index contributed by atoms with van der Waals surface area (Å²) in [5, 5.41) is 4.40. The van der Waals surface area contributed by atoms with Gasteiger partial charge in [-0.1, -0.05) is 41.4 Å². The van der Waals surface area contributed by atoms with Gasteiger partial charge in [0.15, 0.2) is 0 Å². The van der Waals surface area contributed by atoms with Crippen molar-refractivity contribution < 1.29 is 9.47 Å². The van der Waals surface area contributed by atoms with Crippen LogP contribution < -0.4 is 14.8 Å². The Morgan fingerprint density at radius 1 is 0.880 bits per heavy atom. The standard InChI is InChI=1S/C20H17Cl2NO2/c1-24-20-14(11-15(21)12-19(20)22)13-23-16-7-9-18(10-8-16)25-17-5-3-2-4-6-17/h2-12,23H,13H2,1H3. The third-order valence-electron chi connectivity index (χ3n) is 3.61. The molecule has 0 unspecified atom stereocenters. The van der Waals surface area contributed by atoms with Gasteiger partial charge in [0, 0.05) is 22.8 Å². The van der Waals surface area contributed by atoms with Crippen molar-refractivity contribution in [1.29, 1.82) is 0 Å². The maximum Gasteiger partial charge on any atom is 0.142 e. The molecule has 3 rings (SSSR count). The van der Waals surface area contributed by atoms with Gasteiger partial charge >= 0.3 is 0 Å². The van der Waals surface area contributed by atoms with Gasteiger partial charge in [-0.25, -0.2) is 0 Å². The Labute approximate surface area is 157 Å². The molecule has 3 aromatic rings. The summed E-state index contributed by atoms with van der Waals surface area (Å²) < 4.78 is 11.1. The fourth-order valence-electron chi connectivity index (χ4n) is 2.44. The molecule has 0 saturated heterocycles. The number of nitrogens with one attached hydrogen (secondary N) is 1. The number of anilines is 1. The van der Waals surface area contributed by atoms with Gasteiger partial charge in [-0.2, -0.15) is 0 Å². The molecule has 0 aromatic heterocycles. The predicted molar refractivity (Wildman–Crippen MR) is 103 cm³/mol. The van der Waals surface area contributed by atoms with E-state index in [0.717, 1.165) is 22.7 Å². The monoisotopic (exact) mass is 373 g/mol. The number of methoxy groups -OCH3 is 1. The third-order valence-corrected chi connectivity index (χ3v) is 4.10. The zero-order valence-corrected chi connectivity index (χ0v) is 15.1. The minimum Gasteiger partial charge on any atom is -0.495 e. The van der Waals surface area contributed by atoms with Crippen LogP contribution in [0.4, 0.5) is 5.69 Å². The summed E-state index contributed by atoms with van der Waals surface area (Å²) in [6.07, 6.45) is 0. The van der Waals surface area contributed by atoms with Crippen LogP contribution >= 0.6 is 23.2 Å². The summed E-state index contributed by atoms with van der Waals surface area (Å²) in [6.45, 7) is 0.544. The summed E-state index contributed by atoms with van der Waals surface area (Å²) in [4.78, 5) is 0. The number of para-hydroxylation sites is 1. The molecule has 128 valence electrons. The van der Waals surface area contributed by atoms with Crippen LogP contribution in [0.2, 0.25) is 10.0 Å². The van der Waals surface area contributed by atoms with Crippen molar-refractivity contribution in [1.82, 2.24) is 0 Å². The first-order valence-electron chi connectivity index (χ1n) is 7.74. The van der Waals surface area contributed by atoms with Gasteiger partial charge in [0.1, 0.15) is 17.2 Å². The van der Waals surface area contributed by atoms with Crippen LogP contribution in [0.1, 0.15) is 5.56 Å². The molecule has 5 heteroatoms. The van der Waals surface area contributed by atoms with Crippen molar-refractivity contribution in [2.75, 3.05) is 12.4 Å². The Bertz CT molecular complexity index is 836. The van der Waals surface area contributed by atoms with Crippen LogP contribution in [0.15, 0.2) is 66.7 Å². The Morgan fingerprint density at radius 2 is 1.56 bits per heavy atom. The number of benzene rings is 3. The van der Waals surface area contributed by atoms with Crippen LogP contribution in [0, 0.1) is 0 Å². The van der Waals surface area contributed by atoms with Crippen LogP contribution in [0.3, 0.4) is 0 Å². The van der Waals surface area contributed by atoms with E-state index in [-0.39, 0.29) is 0 Å². The minimum atomic E-state index is 0.499. The van der Waals surface area contributed by atoms with E-state index in [1.165, 1.54) is 0 Å². The van der Waals surface area contributed by atoms with Crippen molar-refractivity contribution in [3.63, 3.8) is 0 Å². The number of halogens is 2. The molecule has 0 aliphatic rings. The maximum absolute atomic E-state index is 6.16. The number of rotatable bonds is 6. The lowest BCUT2D eigenvalue weighted by atomic mass is 10.2. The topological polar surface area (TPSA) is 30.5 Å². The van der Waals surface area contributed by atoms with Gasteiger partial charge in [-0.3, -0.25) is 0 Å². The lowest BCUT2D eigenvalue weighted by Gasteiger charge is -2.13. The van der Waals surface area contributed by atoms with E-state index < -0.39 is 0 Å². The fourth-order valence-corrected chi connectivity index (χ4v) is 3.05. The first-order valence-corrected chi connectivity index (χ1v) is 8.50. The average Bonchev–Trinajstić information content (AvgIpc) is 2.62. The fraction of sp³-hybridized carbons (Fsp3) is 0.100. The Balaban J connectivity index is 1.66. The molecule has 0 amide bonds. The van der Waals surface area contributed by atoms with Gasteiger partial charge in [0.2, 0.25) is 0 Å². The molecular formula is C20H17Cl2NO2. The highest BCUT2D eigenvalue weighted by Crippen LogP contribution is 2.32. The van der Waals surface area contributed by atoms with E-state index in [9.17, 15) is 0 Å². The summed E-state index contributed by atoms with van der Waals surface area (Å²) in [6, 6.07) is 20.9. The average molecular weight is 374 g/mol. The summed E-state index contributed by atoms with van der Waals surface area (Å²) in [5.41, 5.74) is 1.85. The Morgan fingerprint density at radius 3 is 2.24 bits per heavy atom.